The Morgan fingerprint density at radius 2 is 2.14 bits per heavy atom. The summed E-state index contributed by atoms with van der Waals surface area (Å²) in [6.45, 7) is 3.37. The topological polar surface area (TPSA) is 70.2 Å². The maximum Gasteiger partial charge on any atom is 0.306 e. The highest BCUT2D eigenvalue weighted by molar-refractivity contribution is 5.96. The number of carboxylic acids is 1. The van der Waals surface area contributed by atoms with E-state index in [1.165, 1.54) is 6.92 Å². The summed E-state index contributed by atoms with van der Waals surface area (Å²) in [5.41, 5.74) is 1.38. The van der Waals surface area contributed by atoms with Gasteiger partial charge in [-0.2, -0.15) is 0 Å². The van der Waals surface area contributed by atoms with Gasteiger partial charge in [0, 0.05) is 12.1 Å². The monoisotopic (exact) mass is 195 g/mol. The van der Waals surface area contributed by atoms with Crippen LogP contribution in [0.25, 0.3) is 0 Å². The molecule has 1 rings (SSSR count). The molecule has 2 N–H and O–H groups in total. The number of aliphatic carboxylic acids is 1. The number of aromatic nitrogens is 1. The molecule has 76 valence electrons. The van der Waals surface area contributed by atoms with Gasteiger partial charge in [0.2, 0.25) is 0 Å². The molecule has 4 nitrogen and oxygen atoms in total. The Hall–Kier alpha value is -1.58. The fraction of sp³-hybridized carbons (Fsp3) is 0.400. The van der Waals surface area contributed by atoms with Crippen LogP contribution in [0.3, 0.4) is 0 Å². The van der Waals surface area contributed by atoms with Crippen LogP contribution >= 0.6 is 0 Å². The lowest BCUT2D eigenvalue weighted by Crippen LogP contribution is -2.14. The summed E-state index contributed by atoms with van der Waals surface area (Å²) in [6.07, 6.45) is 0.0370. The second-order valence-electron chi connectivity index (χ2n) is 3.42. The first-order chi connectivity index (χ1) is 6.50. The van der Waals surface area contributed by atoms with E-state index in [1.54, 1.807) is 12.1 Å². The van der Waals surface area contributed by atoms with Gasteiger partial charge < -0.3 is 10.1 Å². The molecule has 0 spiro atoms. The van der Waals surface area contributed by atoms with Crippen LogP contribution < -0.4 is 0 Å². The van der Waals surface area contributed by atoms with Crippen LogP contribution in [0.4, 0.5) is 0 Å². The summed E-state index contributed by atoms with van der Waals surface area (Å²) >= 11 is 0. The lowest BCUT2D eigenvalue weighted by Gasteiger charge is -2.03. The summed E-state index contributed by atoms with van der Waals surface area (Å²) in [7, 11) is 0. The average Bonchev–Trinajstić information content (AvgIpc) is 2.51. The largest absolute Gasteiger partial charge is 0.481 e. The van der Waals surface area contributed by atoms with Crippen molar-refractivity contribution in [2.45, 2.75) is 20.3 Å². The van der Waals surface area contributed by atoms with Gasteiger partial charge in [-0.15, -0.1) is 0 Å². The van der Waals surface area contributed by atoms with Crippen molar-refractivity contribution in [1.82, 2.24) is 4.98 Å². The van der Waals surface area contributed by atoms with Gasteiger partial charge in [-0.05, 0) is 19.1 Å². The van der Waals surface area contributed by atoms with Crippen LogP contribution in [0, 0.1) is 12.8 Å². The molecule has 0 aromatic carbocycles. The fourth-order valence-electron chi connectivity index (χ4n) is 1.14. The molecule has 1 aromatic heterocycles. The first kappa shape index (κ1) is 10.5. The molecule has 0 aliphatic carbocycles. The van der Waals surface area contributed by atoms with Crippen molar-refractivity contribution < 1.29 is 14.7 Å². The van der Waals surface area contributed by atoms with E-state index in [1.807, 2.05) is 6.92 Å². The molecule has 1 aromatic rings. The van der Waals surface area contributed by atoms with Crippen LogP contribution in [0.15, 0.2) is 12.1 Å². The summed E-state index contributed by atoms with van der Waals surface area (Å²) in [5.74, 6) is -1.74. The van der Waals surface area contributed by atoms with Crippen molar-refractivity contribution in [3.63, 3.8) is 0 Å². The van der Waals surface area contributed by atoms with Gasteiger partial charge in [-0.1, -0.05) is 6.92 Å². The van der Waals surface area contributed by atoms with E-state index in [0.717, 1.165) is 5.69 Å². The molecule has 0 fully saturated rings. The fourth-order valence-corrected chi connectivity index (χ4v) is 1.14. The van der Waals surface area contributed by atoms with Crippen LogP contribution in [0.1, 0.15) is 29.5 Å². The van der Waals surface area contributed by atoms with Crippen molar-refractivity contribution in [2.24, 2.45) is 5.92 Å². The zero-order chi connectivity index (χ0) is 10.7. The second-order valence-corrected chi connectivity index (χ2v) is 3.42. The predicted octanol–water partition coefficient (Wildman–Crippen LogP) is 1.62. The van der Waals surface area contributed by atoms with Crippen LogP contribution in [0.2, 0.25) is 0 Å². The highest BCUT2D eigenvalue weighted by atomic mass is 16.4. The first-order valence-electron chi connectivity index (χ1n) is 4.42. The molecule has 0 unspecified atom stereocenters. The standard InChI is InChI=1S/C10H13NO3/c1-6(10(13)14)5-9(12)8-4-3-7(2)11-8/h3-4,6,11H,5H2,1-2H3,(H,13,14)/t6-/m1/s1. The van der Waals surface area contributed by atoms with Crippen LogP contribution in [-0.4, -0.2) is 21.8 Å². The number of carbonyl (C=O) groups is 2. The number of hydrogen-bond donors (Lipinski definition) is 2. The van der Waals surface area contributed by atoms with Crippen molar-refractivity contribution in [3.8, 4) is 0 Å². The van der Waals surface area contributed by atoms with Gasteiger partial charge in [-0.25, -0.2) is 0 Å². The third kappa shape index (κ3) is 2.45. The van der Waals surface area contributed by atoms with Gasteiger partial charge in [0.1, 0.15) is 0 Å². The van der Waals surface area contributed by atoms with Crippen LogP contribution in [0.5, 0.6) is 0 Å². The number of Topliss-reactive ketones (excluding diaryl/α,β-unsaturated/α-hetero) is 1. The van der Waals surface area contributed by atoms with E-state index in [2.05, 4.69) is 4.98 Å². The number of aryl methyl sites for hydroxylation is 1. The minimum absolute atomic E-state index is 0.0370. The molecule has 0 amide bonds. The summed E-state index contributed by atoms with van der Waals surface area (Å²) in [6, 6.07) is 3.46. The number of H-pyrrole nitrogens is 1. The molecule has 0 bridgehead atoms. The Labute approximate surface area is 81.9 Å². The molecular formula is C10H13NO3. The minimum atomic E-state index is -0.943. The Kier molecular flexibility index (Phi) is 3.06. The molecule has 0 radical (unpaired) electrons. The van der Waals surface area contributed by atoms with E-state index in [-0.39, 0.29) is 12.2 Å². The number of nitrogens with one attached hydrogen (secondary N) is 1. The zero-order valence-electron chi connectivity index (χ0n) is 8.20. The average molecular weight is 195 g/mol. The summed E-state index contributed by atoms with van der Waals surface area (Å²) in [4.78, 5) is 24.9. The van der Waals surface area contributed by atoms with Crippen molar-refractivity contribution >= 4 is 11.8 Å². The second kappa shape index (κ2) is 4.09. The Bertz CT molecular complexity index is 354. The maximum absolute atomic E-state index is 11.5. The van der Waals surface area contributed by atoms with Gasteiger partial charge in [0.25, 0.3) is 0 Å². The number of aromatic amines is 1. The van der Waals surface area contributed by atoms with E-state index in [4.69, 9.17) is 5.11 Å². The molecule has 0 saturated carbocycles. The Balaban J connectivity index is 2.63. The molecular weight excluding hydrogens is 182 g/mol. The molecule has 1 heterocycles. The number of ketones is 1. The number of hydrogen-bond acceptors (Lipinski definition) is 2. The molecule has 4 heteroatoms. The minimum Gasteiger partial charge on any atom is -0.481 e. The van der Waals surface area contributed by atoms with Crippen molar-refractivity contribution in [3.05, 3.63) is 23.5 Å². The lowest BCUT2D eigenvalue weighted by atomic mass is 10.0. The molecule has 14 heavy (non-hydrogen) atoms. The molecule has 1 atom stereocenters. The number of carboxylic acid groups (broad SMARTS) is 1. The lowest BCUT2D eigenvalue weighted by molar-refractivity contribution is -0.141. The van der Waals surface area contributed by atoms with E-state index in [0.29, 0.717) is 5.69 Å². The van der Waals surface area contributed by atoms with E-state index in [9.17, 15) is 9.59 Å². The number of carbonyl (C=O) groups excluding carboxylic acids is 1. The van der Waals surface area contributed by atoms with Gasteiger partial charge in [0.05, 0.1) is 11.6 Å². The quantitative estimate of drug-likeness (QED) is 0.717. The third-order valence-corrected chi connectivity index (χ3v) is 2.05. The Morgan fingerprint density at radius 1 is 1.50 bits per heavy atom. The first-order valence-corrected chi connectivity index (χ1v) is 4.42. The molecule has 0 aliphatic heterocycles. The highest BCUT2D eigenvalue weighted by Crippen LogP contribution is 2.09. The Morgan fingerprint density at radius 3 is 2.57 bits per heavy atom. The summed E-state index contributed by atoms with van der Waals surface area (Å²) in [5, 5.41) is 8.62. The number of rotatable bonds is 4. The maximum atomic E-state index is 11.5. The SMILES string of the molecule is Cc1ccc(C(=O)C[C@@H](C)C(=O)O)[nH]1. The van der Waals surface area contributed by atoms with E-state index >= 15 is 0 Å². The van der Waals surface area contributed by atoms with E-state index < -0.39 is 11.9 Å². The van der Waals surface area contributed by atoms with Crippen molar-refractivity contribution in [2.75, 3.05) is 0 Å². The van der Waals surface area contributed by atoms with Gasteiger partial charge in [-0.3, -0.25) is 9.59 Å². The van der Waals surface area contributed by atoms with Crippen LogP contribution in [-0.2, 0) is 4.79 Å². The molecule has 0 saturated heterocycles. The third-order valence-electron chi connectivity index (χ3n) is 2.05. The zero-order valence-corrected chi connectivity index (χ0v) is 8.20. The highest BCUT2D eigenvalue weighted by Gasteiger charge is 2.17. The molecule has 0 aliphatic rings. The van der Waals surface area contributed by atoms with Crippen molar-refractivity contribution in [1.29, 1.82) is 0 Å². The smallest absolute Gasteiger partial charge is 0.306 e. The predicted molar refractivity (Wildman–Crippen MR) is 51.3 cm³/mol. The normalized spacial score (nSPS) is 12.4. The van der Waals surface area contributed by atoms with Gasteiger partial charge in [0.15, 0.2) is 5.78 Å². The van der Waals surface area contributed by atoms with Gasteiger partial charge >= 0.3 is 5.97 Å². The summed E-state index contributed by atoms with van der Waals surface area (Å²) < 4.78 is 0.